The predicted octanol–water partition coefficient (Wildman–Crippen LogP) is 4.60. The molecule has 4 heterocycles. The molecule has 1 saturated heterocycles. The summed E-state index contributed by atoms with van der Waals surface area (Å²) in [5, 5.41) is 15.2. The van der Waals surface area contributed by atoms with Crippen molar-refractivity contribution in [2.75, 3.05) is 6.61 Å². The summed E-state index contributed by atoms with van der Waals surface area (Å²) >= 11 is 0. The molecule has 4 aliphatic heterocycles. The van der Waals surface area contributed by atoms with Gasteiger partial charge >= 0.3 is 29.8 Å². The Hall–Kier alpha value is -6.35. The van der Waals surface area contributed by atoms with E-state index in [-0.39, 0.29) is 52.0 Å². The quantitative estimate of drug-likeness (QED) is 0.186. The van der Waals surface area contributed by atoms with E-state index in [1.54, 1.807) is 65.8 Å². The first kappa shape index (κ1) is 37.9. The number of hydrogen-bond donors (Lipinski definition) is 3. The van der Waals surface area contributed by atoms with E-state index >= 15 is 0 Å². The maximum atomic E-state index is 14.0. The van der Waals surface area contributed by atoms with E-state index in [0.717, 1.165) is 4.58 Å². The molecule has 15 nitrogen and oxygen atoms in total. The molecule has 3 aromatic rings. The highest BCUT2D eigenvalue weighted by atomic mass is 16.6. The number of ether oxygens (including phenoxy) is 5. The number of urea groups is 1. The van der Waals surface area contributed by atoms with Crippen LogP contribution in [0.4, 0.5) is 4.79 Å². The molecule has 0 aliphatic carbocycles. The summed E-state index contributed by atoms with van der Waals surface area (Å²) in [7, 11) is 0. The lowest BCUT2D eigenvalue weighted by molar-refractivity contribution is -0.366. The van der Waals surface area contributed by atoms with Gasteiger partial charge in [-0.25, -0.2) is 9.59 Å². The number of hydrogen-bond acceptors (Lipinski definition) is 12. The van der Waals surface area contributed by atoms with Gasteiger partial charge < -0.3 is 34.1 Å². The molecule has 0 radical (unpaired) electrons. The van der Waals surface area contributed by atoms with Gasteiger partial charge in [-0.05, 0) is 90.9 Å². The second-order valence-electron chi connectivity index (χ2n) is 16.0. The van der Waals surface area contributed by atoms with Crippen molar-refractivity contribution in [2.45, 2.75) is 72.6 Å². The van der Waals surface area contributed by atoms with Crippen LogP contribution in [0.3, 0.4) is 0 Å². The van der Waals surface area contributed by atoms with Crippen molar-refractivity contribution in [1.82, 2.24) is 10.6 Å². The first-order chi connectivity index (χ1) is 26.3. The fourth-order valence-electron chi connectivity index (χ4n) is 6.56. The highest BCUT2D eigenvalue weighted by Crippen LogP contribution is 2.57. The third-order valence-corrected chi connectivity index (χ3v) is 9.67. The highest BCUT2D eigenvalue weighted by molar-refractivity contribution is 6.04. The fraction of sp³-hybridized carbons (Fsp3) is 0.341. The van der Waals surface area contributed by atoms with Crippen molar-refractivity contribution in [3.63, 3.8) is 0 Å². The second kappa shape index (κ2) is 13.4. The summed E-state index contributed by atoms with van der Waals surface area (Å²) in [6.07, 6.45) is 0.419. The number of nitrogens with one attached hydrogen (secondary N) is 2. The minimum atomic E-state index is -1.67. The number of rotatable bonds is 5. The lowest BCUT2D eigenvalue weighted by Crippen LogP contribution is -2.43. The van der Waals surface area contributed by atoms with Crippen LogP contribution in [0, 0.1) is 10.8 Å². The predicted molar refractivity (Wildman–Crippen MR) is 195 cm³/mol. The number of carbonyl (C=O) groups excluding carboxylic acids is 6. The van der Waals surface area contributed by atoms with Gasteiger partial charge in [0.1, 0.15) is 35.3 Å². The van der Waals surface area contributed by atoms with Gasteiger partial charge in [-0.2, -0.15) is 10.1 Å². The number of carbonyl (C=O) groups is 6. The van der Waals surface area contributed by atoms with E-state index in [4.69, 9.17) is 23.7 Å². The molecular weight excluding hydrogens is 726 g/mol. The largest absolute Gasteiger partial charge is 0.506 e. The number of amides is 4. The van der Waals surface area contributed by atoms with Crippen LogP contribution in [-0.2, 0) is 29.5 Å². The summed E-state index contributed by atoms with van der Waals surface area (Å²) in [5.74, 6) is -1.97. The van der Waals surface area contributed by atoms with Crippen LogP contribution < -0.4 is 24.8 Å². The van der Waals surface area contributed by atoms with Crippen molar-refractivity contribution in [3.8, 4) is 23.0 Å². The van der Waals surface area contributed by atoms with Crippen molar-refractivity contribution in [1.29, 1.82) is 0 Å². The minimum Gasteiger partial charge on any atom is -0.457 e. The Balaban J connectivity index is 1.28. The zero-order chi connectivity index (χ0) is 40.5. The van der Waals surface area contributed by atoms with E-state index in [1.165, 1.54) is 43.5 Å². The van der Waals surface area contributed by atoms with Crippen molar-refractivity contribution in [2.24, 2.45) is 10.8 Å². The van der Waals surface area contributed by atoms with Gasteiger partial charge in [-0.15, -0.1) is 4.58 Å². The van der Waals surface area contributed by atoms with Gasteiger partial charge in [-0.1, -0.05) is 0 Å². The molecule has 0 saturated carbocycles. The number of imide groups is 1. The summed E-state index contributed by atoms with van der Waals surface area (Å²) in [6, 6.07) is 12.3. The van der Waals surface area contributed by atoms with E-state index in [9.17, 15) is 33.9 Å². The van der Waals surface area contributed by atoms with Crippen LogP contribution in [0.15, 0.2) is 66.4 Å². The molecule has 1 fully saturated rings. The standard InChI is InChI=1S/C41H39N3O12/c1-20-18-44(38(51)43-33(20)46)32-17-28(31(19-45)55-32)42-34(47)21-8-11-24-27(14-21)41(56-35(24)48)25-12-9-22(52-36(49)39(2,3)4)15-29(25)54-30-16-23(10-13-26(30)41)53-37(50)40(5,6)7/h8-16,18,28,31,45H,17,19H2,1-7H3,(H-,42,43,46,47,51)/p+1/b44-32+/t28-,31-/m1/s1. The molecule has 1 spiro atoms. The molecular formula is C41H40N3O12+. The van der Waals surface area contributed by atoms with E-state index in [2.05, 4.69) is 10.6 Å². The molecule has 56 heavy (non-hydrogen) atoms. The number of fused-ring (bicyclic) bond motifs is 6. The number of benzene rings is 3. The SMILES string of the molecule is CC1=C/[N+](=C2/C[C@@H](NC(=O)c3ccc4c(c3)C3(OC4=O)c4ccc(OC(=O)C(C)(C)C)cc4Oc4cc(OC(=O)C(C)(C)C)ccc43)[C@@H](CO)O2)C(=O)NC1=O. The first-order valence-electron chi connectivity index (χ1n) is 17.9. The zero-order valence-corrected chi connectivity index (χ0v) is 31.7. The van der Waals surface area contributed by atoms with Crippen LogP contribution in [0.5, 0.6) is 23.0 Å². The van der Waals surface area contributed by atoms with Gasteiger partial charge in [0.25, 0.3) is 11.8 Å². The molecule has 0 bridgehead atoms. The van der Waals surface area contributed by atoms with Gasteiger partial charge in [0.05, 0.1) is 41.0 Å². The molecule has 2 atom stereocenters. The molecule has 0 unspecified atom stereocenters. The Labute approximate surface area is 321 Å². The van der Waals surface area contributed by atoms with Crippen molar-refractivity contribution >= 4 is 41.7 Å². The lowest BCUT2D eigenvalue weighted by atomic mass is 9.77. The number of aliphatic hydroxyl groups excluding tert-OH is 1. The highest BCUT2D eigenvalue weighted by Gasteiger charge is 2.54. The topological polar surface area (TPSA) is 196 Å². The van der Waals surface area contributed by atoms with Gasteiger partial charge in [0.2, 0.25) is 0 Å². The Morgan fingerprint density at radius 3 is 2.02 bits per heavy atom. The van der Waals surface area contributed by atoms with Crippen LogP contribution in [0.1, 0.15) is 92.3 Å². The normalized spacial score (nSPS) is 20.7. The average molecular weight is 767 g/mol. The average Bonchev–Trinajstić information content (AvgIpc) is 3.66. The fourth-order valence-corrected chi connectivity index (χ4v) is 6.56. The Morgan fingerprint density at radius 2 is 1.46 bits per heavy atom. The lowest BCUT2D eigenvalue weighted by Gasteiger charge is -2.37. The van der Waals surface area contributed by atoms with Gasteiger partial charge in [0.15, 0.2) is 5.60 Å². The summed E-state index contributed by atoms with van der Waals surface area (Å²) in [5.41, 5.74) is -1.68. The van der Waals surface area contributed by atoms with Gasteiger partial charge in [0, 0.05) is 34.4 Å². The first-order valence-corrected chi connectivity index (χ1v) is 17.9. The van der Waals surface area contributed by atoms with Crippen LogP contribution >= 0.6 is 0 Å². The molecule has 3 N–H and O–H groups in total. The summed E-state index contributed by atoms with van der Waals surface area (Å²) in [4.78, 5) is 77.7. The number of aliphatic hydroxyl groups is 1. The summed E-state index contributed by atoms with van der Waals surface area (Å²) < 4.78 is 30.9. The molecule has 15 heteroatoms. The maximum absolute atomic E-state index is 14.0. The van der Waals surface area contributed by atoms with Crippen LogP contribution in [-0.4, -0.2) is 70.1 Å². The Morgan fingerprint density at radius 1 is 0.875 bits per heavy atom. The molecule has 3 aromatic carbocycles. The molecule has 0 aromatic heterocycles. The van der Waals surface area contributed by atoms with Crippen LogP contribution in [0.2, 0.25) is 0 Å². The Bertz CT molecular complexity index is 2250. The third kappa shape index (κ3) is 6.57. The number of nitrogens with zero attached hydrogens (tertiary/aromatic N) is 1. The van der Waals surface area contributed by atoms with Crippen LogP contribution in [0.25, 0.3) is 0 Å². The van der Waals surface area contributed by atoms with E-state index in [1.807, 2.05) is 0 Å². The molecule has 4 aliphatic rings. The summed E-state index contributed by atoms with van der Waals surface area (Å²) in [6.45, 7) is 11.3. The maximum Gasteiger partial charge on any atom is 0.506 e. The van der Waals surface area contributed by atoms with E-state index < -0.39 is 70.9 Å². The number of esters is 3. The smallest absolute Gasteiger partial charge is 0.457 e. The monoisotopic (exact) mass is 766 g/mol. The molecule has 290 valence electrons. The Kier molecular flexibility index (Phi) is 9.11. The van der Waals surface area contributed by atoms with Crippen molar-refractivity contribution < 1.29 is 62.1 Å². The zero-order valence-electron chi connectivity index (χ0n) is 31.7. The van der Waals surface area contributed by atoms with E-state index in [0.29, 0.717) is 16.7 Å². The second-order valence-corrected chi connectivity index (χ2v) is 16.0. The molecule has 7 rings (SSSR count). The van der Waals surface area contributed by atoms with Gasteiger partial charge in [-0.3, -0.25) is 14.4 Å². The van der Waals surface area contributed by atoms with Crippen molar-refractivity contribution in [3.05, 3.63) is 94.2 Å². The molecule has 4 amide bonds. The third-order valence-electron chi connectivity index (χ3n) is 9.67. The minimum absolute atomic E-state index is 0.0150.